The second-order valence-electron chi connectivity index (χ2n) is 18.6. The van der Waals surface area contributed by atoms with Crippen LogP contribution < -0.4 is 0 Å². The molecule has 0 bridgehead atoms. The number of allylic oxidation sites excluding steroid dienone is 6. The summed E-state index contributed by atoms with van der Waals surface area (Å²) in [6.07, 6.45) is 73.9. The number of rotatable bonds is 48. The van der Waals surface area contributed by atoms with Gasteiger partial charge in [-0.2, -0.15) is 0 Å². The maximum Gasteiger partial charge on any atom is 0.0784 e. The van der Waals surface area contributed by atoms with E-state index in [1.54, 1.807) is 0 Å². The van der Waals surface area contributed by atoms with E-state index in [4.69, 9.17) is 0 Å². The normalized spacial score (nSPS) is 13.3. The Morgan fingerprint density at radius 1 is 0.214 bits per heavy atom. The average Bonchev–Trinajstić information content (AvgIpc) is 3.20. The third kappa shape index (κ3) is 45.9. The van der Waals surface area contributed by atoms with Crippen molar-refractivity contribution in [2.75, 3.05) is 26.7 Å². The fourth-order valence-corrected chi connectivity index (χ4v) is 8.56. The van der Waals surface area contributed by atoms with Gasteiger partial charge >= 0.3 is 0 Å². The van der Waals surface area contributed by atoms with Crippen LogP contribution in [0.1, 0.15) is 290 Å². The summed E-state index contributed by atoms with van der Waals surface area (Å²) < 4.78 is 1.34. The molecule has 0 saturated heterocycles. The molecule has 1 nitrogen and oxygen atoms in total. The van der Waals surface area contributed by atoms with Crippen molar-refractivity contribution >= 4 is 0 Å². The molecule has 0 aromatic heterocycles. The number of nitrogens with zero attached hydrogens (tertiary/aromatic N) is 1. The molecule has 0 radical (unpaired) electrons. The van der Waals surface area contributed by atoms with Crippen LogP contribution >= 0.6 is 0 Å². The van der Waals surface area contributed by atoms with Gasteiger partial charge in [-0.1, -0.05) is 211 Å². The molecule has 0 aliphatic rings. The molecule has 0 aliphatic heterocycles. The smallest absolute Gasteiger partial charge is 0.0784 e. The predicted molar refractivity (Wildman–Crippen MR) is 259 cm³/mol. The molecule has 0 aliphatic carbocycles. The Hall–Kier alpha value is -0.820. The van der Waals surface area contributed by atoms with Crippen LogP contribution in [0.4, 0.5) is 0 Å². The molecule has 0 spiro atoms. The molecule has 0 saturated carbocycles. The minimum atomic E-state index is 1.30. The fourth-order valence-electron chi connectivity index (χ4n) is 8.56. The van der Waals surface area contributed by atoms with E-state index in [0.717, 1.165) is 0 Å². The zero-order valence-electron chi connectivity index (χ0n) is 39.7. The van der Waals surface area contributed by atoms with Crippen molar-refractivity contribution in [1.82, 2.24) is 0 Å². The highest BCUT2D eigenvalue weighted by atomic mass is 15.3. The molecule has 0 rings (SSSR count). The summed E-state index contributed by atoms with van der Waals surface area (Å²) in [5, 5.41) is 0. The lowest BCUT2D eigenvalue weighted by Crippen LogP contribution is -2.46. The Morgan fingerprint density at radius 3 is 0.571 bits per heavy atom. The lowest BCUT2D eigenvalue weighted by atomic mass is 10.1. The zero-order chi connectivity index (χ0) is 40.6. The summed E-state index contributed by atoms with van der Waals surface area (Å²) in [6, 6.07) is 0. The molecular formula is C55H108N+. The highest BCUT2D eigenvalue weighted by Gasteiger charge is 2.20. The summed E-state index contributed by atoms with van der Waals surface area (Å²) in [5.41, 5.74) is 0. The van der Waals surface area contributed by atoms with Crippen molar-refractivity contribution in [2.24, 2.45) is 0 Å². The van der Waals surface area contributed by atoms with Crippen molar-refractivity contribution in [2.45, 2.75) is 290 Å². The Balaban J connectivity index is 4.19. The molecule has 0 atom stereocenters. The molecule has 1 heteroatoms. The molecular weight excluding hydrogens is 675 g/mol. The summed E-state index contributed by atoms with van der Waals surface area (Å²) in [4.78, 5) is 0. The van der Waals surface area contributed by atoms with Crippen LogP contribution in [0.2, 0.25) is 0 Å². The van der Waals surface area contributed by atoms with Gasteiger partial charge in [-0.3, -0.25) is 0 Å². The first kappa shape index (κ1) is 55.2. The Bertz CT molecular complexity index is 688. The SMILES string of the molecule is CCCCCCCCC=CCCCCCCCC[N+](C)(CCCCCCCCC=CCCCCCCCC)CCCCCCCCC=CCCCCCCCC. The van der Waals surface area contributed by atoms with Gasteiger partial charge in [-0.25, -0.2) is 0 Å². The number of unbranched alkanes of at least 4 members (excludes halogenated alkanes) is 36. The van der Waals surface area contributed by atoms with Gasteiger partial charge in [0.25, 0.3) is 0 Å². The van der Waals surface area contributed by atoms with Crippen LogP contribution in [0.5, 0.6) is 0 Å². The Morgan fingerprint density at radius 2 is 0.375 bits per heavy atom. The summed E-state index contributed by atoms with van der Waals surface area (Å²) >= 11 is 0. The van der Waals surface area contributed by atoms with Crippen molar-refractivity contribution < 1.29 is 4.48 Å². The Labute approximate surface area is 356 Å². The van der Waals surface area contributed by atoms with Crippen LogP contribution in [0, 0.1) is 0 Å². The fraction of sp³-hybridized carbons (Fsp3) is 0.891. The van der Waals surface area contributed by atoms with E-state index in [9.17, 15) is 0 Å². The van der Waals surface area contributed by atoms with Crippen molar-refractivity contribution in [3.05, 3.63) is 36.5 Å². The third-order valence-electron chi connectivity index (χ3n) is 12.6. The van der Waals surface area contributed by atoms with E-state index in [1.807, 2.05) is 0 Å². The van der Waals surface area contributed by atoms with Crippen LogP contribution in [-0.4, -0.2) is 31.2 Å². The summed E-state index contributed by atoms with van der Waals surface area (Å²) in [6.45, 7) is 11.2. The second-order valence-corrected chi connectivity index (χ2v) is 18.6. The monoisotopic (exact) mass is 783 g/mol. The molecule has 0 heterocycles. The summed E-state index contributed by atoms with van der Waals surface area (Å²) in [7, 11) is 2.62. The molecule has 0 aromatic carbocycles. The first-order valence-corrected chi connectivity index (χ1v) is 26.5. The topological polar surface area (TPSA) is 0 Å². The molecule has 0 N–H and O–H groups in total. The molecule has 332 valence electrons. The number of quaternary nitrogens is 1. The zero-order valence-corrected chi connectivity index (χ0v) is 39.7. The molecule has 0 aromatic rings. The van der Waals surface area contributed by atoms with E-state index in [1.165, 1.54) is 294 Å². The van der Waals surface area contributed by atoms with Gasteiger partial charge in [0.2, 0.25) is 0 Å². The van der Waals surface area contributed by atoms with Crippen LogP contribution in [-0.2, 0) is 0 Å². The van der Waals surface area contributed by atoms with Gasteiger partial charge in [0, 0.05) is 0 Å². The van der Waals surface area contributed by atoms with Crippen molar-refractivity contribution in [3.8, 4) is 0 Å². The average molecular weight is 783 g/mol. The first-order chi connectivity index (χ1) is 27.7. The first-order valence-electron chi connectivity index (χ1n) is 26.5. The predicted octanol–water partition coefficient (Wildman–Crippen LogP) is 19.5. The van der Waals surface area contributed by atoms with Gasteiger partial charge in [0.1, 0.15) is 0 Å². The van der Waals surface area contributed by atoms with E-state index in [0.29, 0.717) is 0 Å². The highest BCUT2D eigenvalue weighted by Crippen LogP contribution is 2.18. The molecule has 0 unspecified atom stereocenters. The molecule has 0 fully saturated rings. The van der Waals surface area contributed by atoms with Crippen molar-refractivity contribution in [1.29, 1.82) is 0 Å². The quantitative estimate of drug-likeness (QED) is 0.0328. The third-order valence-corrected chi connectivity index (χ3v) is 12.6. The van der Waals surface area contributed by atoms with Gasteiger partial charge in [-0.05, 0) is 116 Å². The molecule has 0 amide bonds. The van der Waals surface area contributed by atoms with Crippen LogP contribution in [0.25, 0.3) is 0 Å². The maximum atomic E-state index is 2.62. The minimum Gasteiger partial charge on any atom is -0.326 e. The van der Waals surface area contributed by atoms with Gasteiger partial charge < -0.3 is 4.48 Å². The Kier molecular flexibility index (Phi) is 47.8. The number of hydrogen-bond donors (Lipinski definition) is 0. The standard InChI is InChI=1S/C55H108N/c1-5-8-11-14-17-20-23-26-29-32-35-38-41-44-47-50-53-56(4,54-51-48-45-42-39-36-33-30-27-24-21-18-15-12-9-6-2)55-52-49-46-43-40-37-34-31-28-25-22-19-16-13-10-7-3/h26-31H,5-25,32-55H2,1-4H3/q+1. The maximum absolute atomic E-state index is 2.62. The minimum absolute atomic E-state index is 1.30. The van der Waals surface area contributed by atoms with Gasteiger partial charge in [0.05, 0.1) is 26.7 Å². The second kappa shape index (κ2) is 48.5. The van der Waals surface area contributed by atoms with Crippen molar-refractivity contribution in [3.63, 3.8) is 0 Å². The van der Waals surface area contributed by atoms with Gasteiger partial charge in [0.15, 0.2) is 0 Å². The van der Waals surface area contributed by atoms with E-state index < -0.39 is 0 Å². The van der Waals surface area contributed by atoms with E-state index in [2.05, 4.69) is 64.3 Å². The summed E-state index contributed by atoms with van der Waals surface area (Å²) in [5.74, 6) is 0. The van der Waals surface area contributed by atoms with Crippen LogP contribution in [0.3, 0.4) is 0 Å². The van der Waals surface area contributed by atoms with E-state index >= 15 is 0 Å². The van der Waals surface area contributed by atoms with E-state index in [-0.39, 0.29) is 0 Å². The lowest BCUT2D eigenvalue weighted by molar-refractivity contribution is -0.910. The van der Waals surface area contributed by atoms with Gasteiger partial charge in [-0.15, -0.1) is 0 Å². The lowest BCUT2D eigenvalue weighted by Gasteiger charge is -2.35. The van der Waals surface area contributed by atoms with Crippen LogP contribution in [0.15, 0.2) is 36.5 Å². The number of hydrogen-bond acceptors (Lipinski definition) is 0. The molecule has 56 heavy (non-hydrogen) atoms. The highest BCUT2D eigenvalue weighted by molar-refractivity contribution is 4.82. The largest absolute Gasteiger partial charge is 0.326 e.